The van der Waals surface area contributed by atoms with Gasteiger partial charge < -0.3 is 10.2 Å². The van der Waals surface area contributed by atoms with Gasteiger partial charge in [-0.25, -0.2) is 14.5 Å². The minimum atomic E-state index is -0.336. The van der Waals surface area contributed by atoms with Gasteiger partial charge >= 0.3 is 12.1 Å². The molecule has 0 aliphatic carbocycles. The van der Waals surface area contributed by atoms with Crippen molar-refractivity contribution < 1.29 is 9.59 Å². The Labute approximate surface area is 100 Å². The Hall–Kier alpha value is -2.04. The number of nitrogens with zero attached hydrogens (tertiary/aromatic N) is 2. The van der Waals surface area contributed by atoms with Crippen LogP contribution in [0.2, 0.25) is 0 Å². The summed E-state index contributed by atoms with van der Waals surface area (Å²) in [7, 11) is 3.26. The van der Waals surface area contributed by atoms with Gasteiger partial charge in [0.15, 0.2) is 0 Å². The molecule has 1 aromatic rings. The van der Waals surface area contributed by atoms with Gasteiger partial charge in [0.25, 0.3) is 0 Å². The van der Waals surface area contributed by atoms with Gasteiger partial charge in [0.05, 0.1) is 12.6 Å². The molecule has 0 aromatic heterocycles. The third-order valence-corrected chi connectivity index (χ3v) is 2.72. The van der Waals surface area contributed by atoms with Gasteiger partial charge in [0.1, 0.15) is 0 Å². The van der Waals surface area contributed by atoms with Crippen molar-refractivity contribution in [3.63, 3.8) is 0 Å². The quantitative estimate of drug-likeness (QED) is 0.797. The zero-order chi connectivity index (χ0) is 12.4. The molecular weight excluding hydrogens is 218 g/mol. The Bertz CT molecular complexity index is 431. The van der Waals surface area contributed by atoms with Crippen LogP contribution in [-0.2, 0) is 0 Å². The van der Waals surface area contributed by atoms with Gasteiger partial charge in [-0.1, -0.05) is 30.3 Å². The van der Waals surface area contributed by atoms with Crippen molar-refractivity contribution in [1.82, 2.24) is 15.1 Å². The summed E-state index contributed by atoms with van der Waals surface area (Å²) in [6, 6.07) is 8.88. The zero-order valence-corrected chi connectivity index (χ0v) is 9.88. The molecule has 0 bridgehead atoms. The van der Waals surface area contributed by atoms with Crippen LogP contribution in [0.5, 0.6) is 0 Å². The fourth-order valence-corrected chi connectivity index (χ4v) is 1.82. The second kappa shape index (κ2) is 4.45. The highest BCUT2D eigenvalue weighted by molar-refractivity contribution is 5.95. The molecule has 0 saturated carbocycles. The van der Waals surface area contributed by atoms with Gasteiger partial charge in [-0.15, -0.1) is 0 Å². The van der Waals surface area contributed by atoms with Crippen molar-refractivity contribution in [2.24, 2.45) is 0 Å². The maximum Gasteiger partial charge on any atom is 0.327 e. The lowest BCUT2D eigenvalue weighted by atomic mass is 10.1. The van der Waals surface area contributed by atoms with E-state index in [2.05, 4.69) is 5.32 Å². The molecule has 1 N–H and O–H groups in total. The average molecular weight is 233 g/mol. The summed E-state index contributed by atoms with van der Waals surface area (Å²) in [6.45, 7) is 0.375. The first kappa shape index (κ1) is 11.4. The number of benzene rings is 1. The molecule has 1 fully saturated rings. The molecule has 2 rings (SSSR count). The van der Waals surface area contributed by atoms with Crippen molar-refractivity contribution in [2.75, 3.05) is 20.6 Å². The van der Waals surface area contributed by atoms with Gasteiger partial charge in [-0.05, 0) is 5.56 Å². The van der Waals surface area contributed by atoms with Crippen molar-refractivity contribution >= 4 is 12.1 Å². The van der Waals surface area contributed by atoms with Crippen LogP contribution in [0.3, 0.4) is 0 Å². The summed E-state index contributed by atoms with van der Waals surface area (Å²) in [5.74, 6) is 0. The molecule has 1 aliphatic heterocycles. The van der Waals surface area contributed by atoms with E-state index in [1.807, 2.05) is 30.3 Å². The molecule has 1 heterocycles. The van der Waals surface area contributed by atoms with E-state index in [0.29, 0.717) is 6.54 Å². The molecule has 5 heteroatoms. The van der Waals surface area contributed by atoms with Gasteiger partial charge in [-0.2, -0.15) is 0 Å². The number of imide groups is 1. The van der Waals surface area contributed by atoms with Crippen LogP contribution in [-0.4, -0.2) is 42.5 Å². The Balaban J connectivity index is 2.13. The molecule has 0 spiro atoms. The molecular formula is C12H15N3O2. The summed E-state index contributed by atoms with van der Waals surface area (Å²) in [5.41, 5.74) is 1.01. The molecule has 1 aliphatic rings. The van der Waals surface area contributed by atoms with E-state index in [-0.39, 0.29) is 18.1 Å². The number of hydrogen-bond acceptors (Lipinski definition) is 2. The summed E-state index contributed by atoms with van der Waals surface area (Å²) in [5, 5.41) is 2.80. The van der Waals surface area contributed by atoms with Crippen molar-refractivity contribution in [3.8, 4) is 0 Å². The predicted octanol–water partition coefficient (Wildman–Crippen LogP) is 1.43. The molecule has 4 amide bonds. The van der Waals surface area contributed by atoms with Crippen LogP contribution in [0.1, 0.15) is 11.6 Å². The number of rotatable bonds is 1. The smallest absolute Gasteiger partial charge is 0.327 e. The standard InChI is InChI=1S/C12H15N3O2/c1-14(2)12(17)15-8-10(13-11(15)16)9-6-4-3-5-7-9/h3-7,10H,8H2,1-2H3,(H,13,16)/t10-/m0/s1. The first-order valence-corrected chi connectivity index (χ1v) is 5.44. The molecule has 5 nitrogen and oxygen atoms in total. The van der Waals surface area contributed by atoms with Crippen LogP contribution in [0.25, 0.3) is 0 Å². The largest absolute Gasteiger partial charge is 0.330 e. The molecule has 17 heavy (non-hydrogen) atoms. The lowest BCUT2D eigenvalue weighted by Gasteiger charge is -2.18. The lowest BCUT2D eigenvalue weighted by molar-refractivity contribution is 0.179. The van der Waals surface area contributed by atoms with Crippen LogP contribution in [0.4, 0.5) is 9.59 Å². The van der Waals surface area contributed by atoms with E-state index in [1.54, 1.807) is 14.1 Å². The second-order valence-electron chi connectivity index (χ2n) is 4.20. The van der Waals surface area contributed by atoms with Gasteiger partial charge in [0.2, 0.25) is 0 Å². The third-order valence-electron chi connectivity index (χ3n) is 2.72. The number of carbonyl (C=O) groups excluding carboxylic acids is 2. The first-order chi connectivity index (χ1) is 8.09. The molecule has 1 atom stereocenters. The number of carbonyl (C=O) groups is 2. The van der Waals surface area contributed by atoms with Gasteiger partial charge in [0, 0.05) is 14.1 Å². The summed E-state index contributed by atoms with van der Waals surface area (Å²) in [6.07, 6.45) is 0. The summed E-state index contributed by atoms with van der Waals surface area (Å²) >= 11 is 0. The molecule has 1 saturated heterocycles. The van der Waals surface area contributed by atoms with E-state index in [4.69, 9.17) is 0 Å². The minimum absolute atomic E-state index is 0.118. The number of amides is 4. The molecule has 1 aromatic carbocycles. The van der Waals surface area contributed by atoms with E-state index in [1.165, 1.54) is 9.80 Å². The number of urea groups is 2. The molecule has 0 radical (unpaired) electrons. The van der Waals surface area contributed by atoms with Crippen LogP contribution >= 0.6 is 0 Å². The van der Waals surface area contributed by atoms with Crippen molar-refractivity contribution in [3.05, 3.63) is 35.9 Å². The maximum atomic E-state index is 11.7. The number of nitrogens with one attached hydrogen (secondary N) is 1. The summed E-state index contributed by atoms with van der Waals surface area (Å²) < 4.78 is 0. The summed E-state index contributed by atoms with van der Waals surface area (Å²) in [4.78, 5) is 26.0. The minimum Gasteiger partial charge on any atom is -0.330 e. The maximum absolute atomic E-state index is 11.7. The lowest BCUT2D eigenvalue weighted by Crippen LogP contribution is -2.41. The topological polar surface area (TPSA) is 52.7 Å². The third kappa shape index (κ3) is 2.22. The average Bonchev–Trinajstić information content (AvgIpc) is 2.71. The SMILES string of the molecule is CN(C)C(=O)N1C[C@@H](c2ccccc2)NC1=O. The van der Waals surface area contributed by atoms with E-state index < -0.39 is 0 Å². The van der Waals surface area contributed by atoms with Crippen LogP contribution in [0, 0.1) is 0 Å². The highest BCUT2D eigenvalue weighted by Crippen LogP contribution is 2.20. The van der Waals surface area contributed by atoms with E-state index in [9.17, 15) is 9.59 Å². The normalized spacial score (nSPS) is 19.1. The van der Waals surface area contributed by atoms with Crippen LogP contribution < -0.4 is 5.32 Å². The Morgan fingerprint density at radius 1 is 1.35 bits per heavy atom. The van der Waals surface area contributed by atoms with Crippen molar-refractivity contribution in [1.29, 1.82) is 0 Å². The predicted molar refractivity (Wildman–Crippen MR) is 63.5 cm³/mol. The Kier molecular flexibility index (Phi) is 2.99. The highest BCUT2D eigenvalue weighted by atomic mass is 16.2. The van der Waals surface area contributed by atoms with Gasteiger partial charge in [-0.3, -0.25) is 0 Å². The Morgan fingerprint density at radius 2 is 2.00 bits per heavy atom. The second-order valence-corrected chi connectivity index (χ2v) is 4.20. The fourth-order valence-electron chi connectivity index (χ4n) is 1.82. The molecule has 90 valence electrons. The monoisotopic (exact) mass is 233 g/mol. The van der Waals surface area contributed by atoms with Crippen molar-refractivity contribution in [2.45, 2.75) is 6.04 Å². The highest BCUT2D eigenvalue weighted by Gasteiger charge is 2.34. The first-order valence-electron chi connectivity index (χ1n) is 5.44. The van der Waals surface area contributed by atoms with Crippen LogP contribution in [0.15, 0.2) is 30.3 Å². The molecule has 0 unspecified atom stereocenters. The zero-order valence-electron chi connectivity index (χ0n) is 9.88. The van der Waals surface area contributed by atoms with E-state index >= 15 is 0 Å². The van der Waals surface area contributed by atoms with E-state index in [0.717, 1.165) is 5.56 Å². The Morgan fingerprint density at radius 3 is 2.59 bits per heavy atom. The fraction of sp³-hybridized carbons (Fsp3) is 0.333. The number of hydrogen-bond donors (Lipinski definition) is 1.